The van der Waals surface area contributed by atoms with Crippen LogP contribution >= 0.6 is 0 Å². The van der Waals surface area contributed by atoms with Crippen LogP contribution in [-0.2, 0) is 4.74 Å². The van der Waals surface area contributed by atoms with Crippen LogP contribution in [0.4, 0.5) is 0 Å². The Morgan fingerprint density at radius 3 is 2.36 bits per heavy atom. The SMILES string of the molecule is C=C1CCC(OC(C)C)CC1. The first-order valence-corrected chi connectivity index (χ1v) is 4.50. The summed E-state index contributed by atoms with van der Waals surface area (Å²) in [6.07, 6.45) is 5.56. The largest absolute Gasteiger partial charge is 0.376 e. The van der Waals surface area contributed by atoms with E-state index in [-0.39, 0.29) is 0 Å². The van der Waals surface area contributed by atoms with Crippen LogP contribution in [0.2, 0.25) is 0 Å². The van der Waals surface area contributed by atoms with Crippen LogP contribution in [0, 0.1) is 0 Å². The zero-order valence-corrected chi connectivity index (χ0v) is 7.60. The third-order valence-corrected chi connectivity index (χ3v) is 2.10. The molecule has 0 bridgehead atoms. The van der Waals surface area contributed by atoms with Crippen LogP contribution in [0.5, 0.6) is 0 Å². The number of ether oxygens (including phenoxy) is 1. The predicted octanol–water partition coefficient (Wildman–Crippen LogP) is 2.91. The summed E-state index contributed by atoms with van der Waals surface area (Å²) >= 11 is 0. The molecule has 0 spiro atoms. The summed E-state index contributed by atoms with van der Waals surface area (Å²) in [7, 11) is 0. The number of allylic oxidation sites excluding steroid dienone is 1. The number of rotatable bonds is 2. The minimum Gasteiger partial charge on any atom is -0.376 e. The molecule has 0 unspecified atom stereocenters. The number of hydrogen-bond acceptors (Lipinski definition) is 1. The van der Waals surface area contributed by atoms with Crippen molar-refractivity contribution in [3.8, 4) is 0 Å². The summed E-state index contributed by atoms with van der Waals surface area (Å²) in [4.78, 5) is 0. The Kier molecular flexibility index (Phi) is 3.13. The smallest absolute Gasteiger partial charge is 0.0584 e. The normalized spacial score (nSPS) is 21.2. The molecule has 0 aromatic heterocycles. The van der Waals surface area contributed by atoms with Gasteiger partial charge < -0.3 is 4.74 Å². The van der Waals surface area contributed by atoms with Crippen molar-refractivity contribution in [3.63, 3.8) is 0 Å². The van der Waals surface area contributed by atoms with Gasteiger partial charge in [-0.3, -0.25) is 0 Å². The summed E-state index contributed by atoms with van der Waals surface area (Å²) in [6.45, 7) is 8.17. The quantitative estimate of drug-likeness (QED) is 0.556. The molecule has 1 nitrogen and oxygen atoms in total. The van der Waals surface area contributed by atoms with Gasteiger partial charge in [-0.2, -0.15) is 0 Å². The second-order valence-corrected chi connectivity index (χ2v) is 3.63. The van der Waals surface area contributed by atoms with Crippen LogP contribution in [0.1, 0.15) is 39.5 Å². The van der Waals surface area contributed by atoms with Crippen molar-refractivity contribution in [1.29, 1.82) is 0 Å². The van der Waals surface area contributed by atoms with E-state index in [9.17, 15) is 0 Å². The molecule has 1 heteroatoms. The lowest BCUT2D eigenvalue weighted by molar-refractivity contribution is -0.00615. The summed E-state index contributed by atoms with van der Waals surface area (Å²) in [5.74, 6) is 0. The lowest BCUT2D eigenvalue weighted by Crippen LogP contribution is -2.21. The Morgan fingerprint density at radius 1 is 1.36 bits per heavy atom. The summed E-state index contributed by atoms with van der Waals surface area (Å²) in [5, 5.41) is 0. The van der Waals surface area contributed by atoms with Gasteiger partial charge in [-0.25, -0.2) is 0 Å². The molecule has 0 aromatic rings. The fourth-order valence-electron chi connectivity index (χ4n) is 1.52. The zero-order chi connectivity index (χ0) is 8.27. The molecule has 1 rings (SSSR count). The molecule has 11 heavy (non-hydrogen) atoms. The molecular weight excluding hydrogens is 136 g/mol. The van der Waals surface area contributed by atoms with Gasteiger partial charge >= 0.3 is 0 Å². The van der Waals surface area contributed by atoms with E-state index in [2.05, 4.69) is 20.4 Å². The summed E-state index contributed by atoms with van der Waals surface area (Å²) in [5.41, 5.74) is 1.40. The highest BCUT2D eigenvalue weighted by Gasteiger charge is 2.16. The highest BCUT2D eigenvalue weighted by Crippen LogP contribution is 2.24. The summed E-state index contributed by atoms with van der Waals surface area (Å²) in [6, 6.07) is 0. The van der Waals surface area contributed by atoms with Crippen LogP contribution in [-0.4, -0.2) is 12.2 Å². The molecule has 0 atom stereocenters. The predicted molar refractivity (Wildman–Crippen MR) is 47.6 cm³/mol. The van der Waals surface area contributed by atoms with Crippen molar-refractivity contribution >= 4 is 0 Å². The Morgan fingerprint density at radius 2 is 1.91 bits per heavy atom. The van der Waals surface area contributed by atoms with E-state index in [0.717, 1.165) is 12.8 Å². The van der Waals surface area contributed by atoms with Crippen molar-refractivity contribution in [1.82, 2.24) is 0 Å². The monoisotopic (exact) mass is 154 g/mol. The number of hydrogen-bond donors (Lipinski definition) is 0. The van der Waals surface area contributed by atoms with E-state index in [1.807, 2.05) is 0 Å². The first-order chi connectivity index (χ1) is 5.18. The van der Waals surface area contributed by atoms with Crippen molar-refractivity contribution < 1.29 is 4.74 Å². The van der Waals surface area contributed by atoms with Gasteiger partial charge in [-0.05, 0) is 39.5 Å². The van der Waals surface area contributed by atoms with E-state index >= 15 is 0 Å². The van der Waals surface area contributed by atoms with Crippen LogP contribution in [0.3, 0.4) is 0 Å². The second-order valence-electron chi connectivity index (χ2n) is 3.63. The third kappa shape index (κ3) is 3.06. The van der Waals surface area contributed by atoms with E-state index in [1.54, 1.807) is 0 Å². The highest BCUT2D eigenvalue weighted by molar-refractivity contribution is 4.98. The maximum atomic E-state index is 5.70. The first-order valence-electron chi connectivity index (χ1n) is 4.50. The molecule has 1 fully saturated rings. The molecule has 1 aliphatic rings. The Hall–Kier alpha value is -0.300. The molecule has 0 amide bonds. The fraction of sp³-hybridized carbons (Fsp3) is 0.800. The van der Waals surface area contributed by atoms with Gasteiger partial charge in [0, 0.05) is 0 Å². The van der Waals surface area contributed by atoms with Gasteiger partial charge in [-0.15, -0.1) is 0 Å². The Labute approximate surface area is 69.4 Å². The first kappa shape index (κ1) is 8.79. The summed E-state index contributed by atoms with van der Waals surface area (Å²) < 4.78 is 5.70. The second kappa shape index (κ2) is 3.91. The van der Waals surface area contributed by atoms with Crippen molar-refractivity contribution in [3.05, 3.63) is 12.2 Å². The fourth-order valence-corrected chi connectivity index (χ4v) is 1.52. The molecule has 1 aliphatic carbocycles. The van der Waals surface area contributed by atoms with Gasteiger partial charge in [0.15, 0.2) is 0 Å². The van der Waals surface area contributed by atoms with Gasteiger partial charge in [-0.1, -0.05) is 12.2 Å². The standard InChI is InChI=1S/C10H18O/c1-8(2)11-10-6-4-9(3)5-7-10/h8,10H,3-7H2,1-2H3. The maximum absolute atomic E-state index is 5.70. The molecule has 1 saturated carbocycles. The van der Waals surface area contributed by atoms with Crippen molar-refractivity contribution in [2.24, 2.45) is 0 Å². The molecule has 0 heterocycles. The van der Waals surface area contributed by atoms with Crippen LogP contribution in [0.15, 0.2) is 12.2 Å². The average molecular weight is 154 g/mol. The van der Waals surface area contributed by atoms with Crippen molar-refractivity contribution in [2.75, 3.05) is 0 Å². The van der Waals surface area contributed by atoms with Gasteiger partial charge in [0.2, 0.25) is 0 Å². The molecule has 64 valence electrons. The van der Waals surface area contributed by atoms with Crippen LogP contribution < -0.4 is 0 Å². The highest BCUT2D eigenvalue weighted by atomic mass is 16.5. The van der Waals surface area contributed by atoms with Gasteiger partial charge in [0.25, 0.3) is 0 Å². The average Bonchev–Trinajstić information content (AvgIpc) is 1.93. The van der Waals surface area contributed by atoms with Crippen LogP contribution in [0.25, 0.3) is 0 Å². The molecular formula is C10H18O. The topological polar surface area (TPSA) is 9.23 Å². The van der Waals surface area contributed by atoms with Crippen molar-refractivity contribution in [2.45, 2.75) is 51.7 Å². The van der Waals surface area contributed by atoms with Gasteiger partial charge in [0.05, 0.1) is 12.2 Å². The lowest BCUT2D eigenvalue weighted by Gasteiger charge is -2.25. The minimum atomic E-state index is 0.381. The molecule has 0 saturated heterocycles. The Bertz CT molecular complexity index is 128. The van der Waals surface area contributed by atoms with E-state index < -0.39 is 0 Å². The Balaban J connectivity index is 2.22. The molecule has 0 N–H and O–H groups in total. The minimum absolute atomic E-state index is 0.381. The molecule has 0 aliphatic heterocycles. The molecule has 0 aromatic carbocycles. The third-order valence-electron chi connectivity index (χ3n) is 2.10. The maximum Gasteiger partial charge on any atom is 0.0584 e. The van der Waals surface area contributed by atoms with E-state index in [0.29, 0.717) is 12.2 Å². The molecule has 0 radical (unpaired) electrons. The van der Waals surface area contributed by atoms with E-state index in [1.165, 1.54) is 18.4 Å². The van der Waals surface area contributed by atoms with Gasteiger partial charge in [0.1, 0.15) is 0 Å². The van der Waals surface area contributed by atoms with E-state index in [4.69, 9.17) is 4.74 Å². The zero-order valence-electron chi connectivity index (χ0n) is 7.60. The lowest BCUT2D eigenvalue weighted by atomic mass is 9.94.